The number of carbonyl (C=O) groups excluding carboxylic acids is 2. The first-order chi connectivity index (χ1) is 14.5. The molecule has 3 rings (SSSR count). The van der Waals surface area contributed by atoms with E-state index in [1.807, 2.05) is 6.92 Å². The van der Waals surface area contributed by atoms with Crippen LogP contribution in [0.2, 0.25) is 0 Å². The van der Waals surface area contributed by atoms with E-state index in [9.17, 15) is 14.0 Å². The van der Waals surface area contributed by atoms with Crippen LogP contribution in [0.3, 0.4) is 0 Å². The number of benzene rings is 2. The summed E-state index contributed by atoms with van der Waals surface area (Å²) in [6.07, 6.45) is 0.125. The first kappa shape index (κ1) is 21.4. The number of hydrogen-bond donors (Lipinski definition) is 1. The zero-order valence-corrected chi connectivity index (χ0v) is 17.4. The standard InChI is InChI=1S/C22H21FN2O4S/c1-3-29-16-7-4-14(5-8-16)19(26)9-11-21(27)25-22-24-18(13-30-22)15-6-10-20(28-2)17(23)12-15/h4-8,10,12-13H,3,9,11H2,1-2H3,(H,24,25,27). The first-order valence-electron chi connectivity index (χ1n) is 9.35. The van der Waals surface area contributed by atoms with Crippen LogP contribution in [0.1, 0.15) is 30.1 Å². The maximum absolute atomic E-state index is 13.9. The van der Waals surface area contributed by atoms with E-state index >= 15 is 0 Å². The molecule has 0 aliphatic rings. The first-order valence-corrected chi connectivity index (χ1v) is 10.2. The normalized spacial score (nSPS) is 10.5. The van der Waals surface area contributed by atoms with Gasteiger partial charge >= 0.3 is 0 Å². The SMILES string of the molecule is CCOc1ccc(C(=O)CCC(=O)Nc2nc(-c3ccc(OC)c(F)c3)cs2)cc1. The Bertz CT molecular complexity index is 1030. The molecular formula is C22H21FN2O4S. The molecule has 1 heterocycles. The number of amides is 1. The Morgan fingerprint density at radius 3 is 2.57 bits per heavy atom. The average molecular weight is 428 g/mol. The highest BCUT2D eigenvalue weighted by Gasteiger charge is 2.13. The Morgan fingerprint density at radius 2 is 1.90 bits per heavy atom. The number of halogens is 1. The minimum Gasteiger partial charge on any atom is -0.494 e. The summed E-state index contributed by atoms with van der Waals surface area (Å²) in [5.41, 5.74) is 1.65. The number of thiazole rings is 1. The average Bonchev–Trinajstić information content (AvgIpc) is 3.21. The number of nitrogens with one attached hydrogen (secondary N) is 1. The third kappa shape index (κ3) is 5.42. The molecule has 1 N–H and O–H groups in total. The Morgan fingerprint density at radius 1 is 1.13 bits per heavy atom. The molecule has 0 spiro atoms. The Labute approximate surface area is 177 Å². The van der Waals surface area contributed by atoms with Crippen LogP contribution in [0.15, 0.2) is 47.8 Å². The molecule has 0 aliphatic carbocycles. The lowest BCUT2D eigenvalue weighted by molar-refractivity contribution is -0.116. The van der Waals surface area contributed by atoms with Gasteiger partial charge in [0.1, 0.15) is 5.75 Å². The van der Waals surface area contributed by atoms with E-state index in [-0.39, 0.29) is 30.3 Å². The number of aromatic nitrogens is 1. The van der Waals surface area contributed by atoms with Crippen LogP contribution in [0.25, 0.3) is 11.3 Å². The van der Waals surface area contributed by atoms with E-state index in [2.05, 4.69) is 10.3 Å². The molecular weight excluding hydrogens is 407 g/mol. The number of methoxy groups -OCH3 is 1. The predicted octanol–water partition coefficient (Wildman–Crippen LogP) is 4.96. The van der Waals surface area contributed by atoms with E-state index in [0.29, 0.717) is 34.3 Å². The summed E-state index contributed by atoms with van der Waals surface area (Å²) in [5.74, 6) is -0.0676. The van der Waals surface area contributed by atoms with Crippen molar-refractivity contribution in [2.24, 2.45) is 0 Å². The molecule has 156 valence electrons. The smallest absolute Gasteiger partial charge is 0.226 e. The maximum Gasteiger partial charge on any atom is 0.226 e. The molecule has 0 aliphatic heterocycles. The number of ketones is 1. The van der Waals surface area contributed by atoms with E-state index < -0.39 is 5.82 Å². The van der Waals surface area contributed by atoms with Crippen molar-refractivity contribution in [2.45, 2.75) is 19.8 Å². The molecule has 2 aromatic carbocycles. The van der Waals surface area contributed by atoms with Crippen molar-refractivity contribution in [3.63, 3.8) is 0 Å². The Kier molecular flexibility index (Phi) is 7.13. The van der Waals surface area contributed by atoms with Gasteiger partial charge in [-0.3, -0.25) is 9.59 Å². The van der Waals surface area contributed by atoms with Gasteiger partial charge in [0.2, 0.25) is 5.91 Å². The monoisotopic (exact) mass is 428 g/mol. The molecule has 0 unspecified atom stereocenters. The van der Waals surface area contributed by atoms with Crippen molar-refractivity contribution in [1.82, 2.24) is 4.98 Å². The molecule has 1 amide bonds. The molecule has 8 heteroatoms. The number of carbonyl (C=O) groups is 2. The van der Waals surface area contributed by atoms with Crippen molar-refractivity contribution in [1.29, 1.82) is 0 Å². The molecule has 30 heavy (non-hydrogen) atoms. The van der Waals surface area contributed by atoms with Crippen LogP contribution in [0.4, 0.5) is 9.52 Å². The van der Waals surface area contributed by atoms with Crippen molar-refractivity contribution in [2.75, 3.05) is 19.0 Å². The van der Waals surface area contributed by atoms with E-state index in [0.717, 1.165) is 0 Å². The Hall–Kier alpha value is -3.26. The van der Waals surface area contributed by atoms with Gasteiger partial charge in [0, 0.05) is 29.3 Å². The summed E-state index contributed by atoms with van der Waals surface area (Å²) >= 11 is 1.23. The van der Waals surface area contributed by atoms with Crippen LogP contribution >= 0.6 is 11.3 Å². The molecule has 0 saturated carbocycles. The lowest BCUT2D eigenvalue weighted by Gasteiger charge is -2.05. The second-order valence-electron chi connectivity index (χ2n) is 6.32. The van der Waals surface area contributed by atoms with Crippen LogP contribution < -0.4 is 14.8 Å². The second-order valence-corrected chi connectivity index (χ2v) is 7.17. The number of hydrogen-bond acceptors (Lipinski definition) is 6. The molecule has 0 fully saturated rings. The quantitative estimate of drug-likeness (QED) is 0.488. The van der Waals surface area contributed by atoms with Gasteiger partial charge in [-0.1, -0.05) is 0 Å². The maximum atomic E-state index is 13.9. The molecule has 6 nitrogen and oxygen atoms in total. The van der Waals surface area contributed by atoms with Crippen molar-refractivity contribution < 1.29 is 23.5 Å². The molecule has 0 radical (unpaired) electrons. The number of rotatable bonds is 9. The van der Waals surface area contributed by atoms with Crippen molar-refractivity contribution >= 4 is 28.2 Å². The van der Waals surface area contributed by atoms with Crippen LogP contribution in [0, 0.1) is 5.82 Å². The number of ether oxygens (including phenoxy) is 2. The van der Waals surface area contributed by atoms with Gasteiger partial charge in [-0.15, -0.1) is 11.3 Å². The fourth-order valence-corrected chi connectivity index (χ4v) is 3.48. The second kappa shape index (κ2) is 9.98. The highest BCUT2D eigenvalue weighted by molar-refractivity contribution is 7.14. The lowest BCUT2D eigenvalue weighted by atomic mass is 10.1. The zero-order valence-electron chi connectivity index (χ0n) is 16.6. The predicted molar refractivity (Wildman–Crippen MR) is 114 cm³/mol. The molecule has 3 aromatic rings. The molecule has 0 saturated heterocycles. The van der Waals surface area contributed by atoms with Crippen molar-refractivity contribution in [3.8, 4) is 22.8 Å². The Balaban J connectivity index is 1.54. The zero-order chi connectivity index (χ0) is 21.5. The van der Waals surface area contributed by atoms with Gasteiger partial charge in [0.25, 0.3) is 0 Å². The summed E-state index contributed by atoms with van der Waals surface area (Å²) in [4.78, 5) is 28.8. The minimum atomic E-state index is -0.485. The van der Waals surface area contributed by atoms with Gasteiger partial charge < -0.3 is 14.8 Å². The largest absolute Gasteiger partial charge is 0.494 e. The van der Waals surface area contributed by atoms with E-state index in [1.54, 1.807) is 35.7 Å². The fraction of sp³-hybridized carbons (Fsp3) is 0.227. The highest BCUT2D eigenvalue weighted by atomic mass is 32.1. The van der Waals surface area contributed by atoms with Crippen LogP contribution in [-0.2, 0) is 4.79 Å². The van der Waals surface area contributed by atoms with Gasteiger partial charge in [0.05, 0.1) is 19.4 Å². The van der Waals surface area contributed by atoms with Gasteiger partial charge in [-0.2, -0.15) is 0 Å². The third-order valence-electron chi connectivity index (χ3n) is 4.26. The fourth-order valence-electron chi connectivity index (χ4n) is 2.75. The summed E-state index contributed by atoms with van der Waals surface area (Å²) in [6.45, 7) is 2.44. The third-order valence-corrected chi connectivity index (χ3v) is 5.02. The highest BCUT2D eigenvalue weighted by Crippen LogP contribution is 2.28. The number of nitrogens with zero attached hydrogens (tertiary/aromatic N) is 1. The topological polar surface area (TPSA) is 77.5 Å². The molecule has 0 bridgehead atoms. The van der Waals surface area contributed by atoms with Gasteiger partial charge in [-0.25, -0.2) is 9.37 Å². The summed E-state index contributed by atoms with van der Waals surface area (Å²) in [7, 11) is 1.40. The number of Topliss-reactive ketones (excluding diaryl/α,β-unsaturated/α-hetero) is 1. The minimum absolute atomic E-state index is 0.0398. The van der Waals surface area contributed by atoms with Gasteiger partial charge in [0.15, 0.2) is 22.5 Å². The van der Waals surface area contributed by atoms with Crippen LogP contribution in [0.5, 0.6) is 11.5 Å². The van der Waals surface area contributed by atoms with Crippen LogP contribution in [-0.4, -0.2) is 30.4 Å². The summed E-state index contributed by atoms with van der Waals surface area (Å²) < 4.78 is 24.1. The lowest BCUT2D eigenvalue weighted by Crippen LogP contribution is -2.13. The van der Waals surface area contributed by atoms with Gasteiger partial charge in [-0.05, 0) is 49.4 Å². The van der Waals surface area contributed by atoms with E-state index in [4.69, 9.17) is 9.47 Å². The van der Waals surface area contributed by atoms with E-state index in [1.165, 1.54) is 30.6 Å². The van der Waals surface area contributed by atoms with Crippen molar-refractivity contribution in [3.05, 3.63) is 59.2 Å². The summed E-state index contributed by atoms with van der Waals surface area (Å²) in [6, 6.07) is 11.4. The summed E-state index contributed by atoms with van der Waals surface area (Å²) in [5, 5.41) is 4.79. The molecule has 1 aromatic heterocycles. The molecule has 0 atom stereocenters. The number of anilines is 1.